The summed E-state index contributed by atoms with van der Waals surface area (Å²) in [5, 5.41) is 0.450. The van der Waals surface area contributed by atoms with Gasteiger partial charge in [-0.25, -0.2) is 4.98 Å². The SMILES string of the molecule is Cc1nc(Cl)cc(OCC2CCCCC2)n1. The van der Waals surface area contributed by atoms with Gasteiger partial charge >= 0.3 is 0 Å². The van der Waals surface area contributed by atoms with Gasteiger partial charge in [-0.3, -0.25) is 0 Å². The van der Waals surface area contributed by atoms with E-state index in [0.29, 0.717) is 22.8 Å². The maximum absolute atomic E-state index is 5.84. The number of halogens is 1. The van der Waals surface area contributed by atoms with Crippen molar-refractivity contribution >= 4 is 11.6 Å². The van der Waals surface area contributed by atoms with Crippen molar-refractivity contribution in [2.24, 2.45) is 5.92 Å². The third kappa shape index (κ3) is 3.34. The number of aromatic nitrogens is 2. The van der Waals surface area contributed by atoms with Crippen LogP contribution in [-0.2, 0) is 0 Å². The molecular weight excluding hydrogens is 224 g/mol. The zero-order valence-electron chi connectivity index (χ0n) is 9.58. The molecule has 3 nitrogen and oxygen atoms in total. The molecule has 0 unspecified atom stereocenters. The van der Waals surface area contributed by atoms with E-state index in [4.69, 9.17) is 16.3 Å². The Hall–Kier alpha value is -0.830. The molecule has 88 valence electrons. The lowest BCUT2D eigenvalue weighted by Crippen LogP contribution is -2.15. The molecule has 1 fully saturated rings. The van der Waals surface area contributed by atoms with Crippen LogP contribution in [0.5, 0.6) is 5.88 Å². The third-order valence-corrected chi connectivity index (χ3v) is 3.17. The first-order valence-corrected chi connectivity index (χ1v) is 6.26. The molecule has 1 heterocycles. The van der Waals surface area contributed by atoms with Gasteiger partial charge in [-0.05, 0) is 25.7 Å². The second-order valence-corrected chi connectivity index (χ2v) is 4.78. The number of ether oxygens (including phenoxy) is 1. The fraction of sp³-hybridized carbons (Fsp3) is 0.667. The molecule has 0 aromatic carbocycles. The lowest BCUT2D eigenvalue weighted by Gasteiger charge is -2.21. The van der Waals surface area contributed by atoms with E-state index in [9.17, 15) is 0 Å². The van der Waals surface area contributed by atoms with Crippen LogP contribution in [0.4, 0.5) is 0 Å². The maximum atomic E-state index is 5.84. The summed E-state index contributed by atoms with van der Waals surface area (Å²) in [4.78, 5) is 8.20. The van der Waals surface area contributed by atoms with E-state index in [2.05, 4.69) is 9.97 Å². The minimum absolute atomic E-state index is 0.450. The molecule has 0 spiro atoms. The van der Waals surface area contributed by atoms with Gasteiger partial charge in [0.05, 0.1) is 6.61 Å². The Kier molecular flexibility index (Phi) is 3.99. The van der Waals surface area contributed by atoms with Crippen molar-refractivity contribution in [2.45, 2.75) is 39.0 Å². The minimum Gasteiger partial charge on any atom is -0.477 e. The van der Waals surface area contributed by atoms with Crippen molar-refractivity contribution in [3.05, 3.63) is 17.0 Å². The summed E-state index contributed by atoms with van der Waals surface area (Å²) in [6.07, 6.45) is 6.58. The molecule has 1 aromatic rings. The van der Waals surface area contributed by atoms with Crippen LogP contribution in [0.25, 0.3) is 0 Å². The molecule has 1 aliphatic carbocycles. The van der Waals surface area contributed by atoms with Crippen molar-refractivity contribution in [2.75, 3.05) is 6.61 Å². The fourth-order valence-electron chi connectivity index (χ4n) is 2.14. The molecule has 16 heavy (non-hydrogen) atoms. The molecule has 4 heteroatoms. The highest BCUT2D eigenvalue weighted by atomic mass is 35.5. The number of nitrogens with zero attached hydrogens (tertiary/aromatic N) is 2. The summed E-state index contributed by atoms with van der Waals surface area (Å²) in [5.74, 6) is 1.94. The van der Waals surface area contributed by atoms with Crippen LogP contribution >= 0.6 is 11.6 Å². The van der Waals surface area contributed by atoms with Crippen molar-refractivity contribution < 1.29 is 4.74 Å². The van der Waals surface area contributed by atoms with Crippen LogP contribution in [-0.4, -0.2) is 16.6 Å². The molecule has 0 N–H and O–H groups in total. The molecular formula is C12H17ClN2O. The zero-order valence-corrected chi connectivity index (χ0v) is 10.3. The highest BCUT2D eigenvalue weighted by molar-refractivity contribution is 6.29. The topological polar surface area (TPSA) is 35.0 Å². The number of hydrogen-bond donors (Lipinski definition) is 0. The molecule has 0 bridgehead atoms. The highest BCUT2D eigenvalue weighted by Gasteiger charge is 2.14. The average Bonchev–Trinajstić information content (AvgIpc) is 2.27. The minimum atomic E-state index is 0.450. The lowest BCUT2D eigenvalue weighted by molar-refractivity contribution is 0.202. The molecule has 1 aromatic heterocycles. The van der Waals surface area contributed by atoms with Crippen LogP contribution in [0.3, 0.4) is 0 Å². The molecule has 1 saturated carbocycles. The average molecular weight is 241 g/mol. The van der Waals surface area contributed by atoms with Crippen LogP contribution in [0, 0.1) is 12.8 Å². The largest absolute Gasteiger partial charge is 0.477 e. The second-order valence-electron chi connectivity index (χ2n) is 4.39. The Balaban J connectivity index is 1.88. The molecule has 0 saturated heterocycles. The van der Waals surface area contributed by atoms with Crippen LogP contribution in [0.2, 0.25) is 5.15 Å². The normalized spacial score (nSPS) is 17.4. The standard InChI is InChI=1S/C12H17ClN2O/c1-9-14-11(13)7-12(15-9)16-8-10-5-3-2-4-6-10/h7,10H,2-6,8H2,1H3. The summed E-state index contributed by atoms with van der Waals surface area (Å²) in [7, 11) is 0. The van der Waals surface area contributed by atoms with Gasteiger partial charge in [-0.2, -0.15) is 4.98 Å². The first-order chi connectivity index (χ1) is 7.74. The molecule has 0 amide bonds. The summed E-state index contributed by atoms with van der Waals surface area (Å²) in [6, 6.07) is 1.68. The van der Waals surface area contributed by atoms with E-state index in [-0.39, 0.29) is 0 Å². The van der Waals surface area contributed by atoms with Gasteiger partial charge in [0.1, 0.15) is 11.0 Å². The van der Waals surface area contributed by atoms with Crippen molar-refractivity contribution in [3.8, 4) is 5.88 Å². The Labute approximate surface area is 101 Å². The summed E-state index contributed by atoms with van der Waals surface area (Å²) in [6.45, 7) is 2.58. The fourth-order valence-corrected chi connectivity index (χ4v) is 2.35. The first kappa shape index (κ1) is 11.6. The Morgan fingerprint density at radius 1 is 1.31 bits per heavy atom. The smallest absolute Gasteiger partial charge is 0.218 e. The maximum Gasteiger partial charge on any atom is 0.218 e. The monoisotopic (exact) mass is 240 g/mol. The predicted octanol–water partition coefficient (Wildman–Crippen LogP) is 3.40. The first-order valence-electron chi connectivity index (χ1n) is 5.88. The summed E-state index contributed by atoms with van der Waals surface area (Å²) in [5.41, 5.74) is 0. The van der Waals surface area contributed by atoms with E-state index in [1.807, 2.05) is 6.92 Å². The third-order valence-electron chi connectivity index (χ3n) is 2.97. The molecule has 0 atom stereocenters. The lowest BCUT2D eigenvalue weighted by atomic mass is 9.90. The summed E-state index contributed by atoms with van der Waals surface area (Å²) < 4.78 is 5.67. The highest BCUT2D eigenvalue weighted by Crippen LogP contribution is 2.24. The van der Waals surface area contributed by atoms with Gasteiger partial charge in [-0.15, -0.1) is 0 Å². The van der Waals surface area contributed by atoms with E-state index < -0.39 is 0 Å². The van der Waals surface area contributed by atoms with E-state index >= 15 is 0 Å². The van der Waals surface area contributed by atoms with Gasteiger partial charge in [0, 0.05) is 6.07 Å². The van der Waals surface area contributed by atoms with Gasteiger partial charge in [-0.1, -0.05) is 30.9 Å². The Morgan fingerprint density at radius 2 is 2.06 bits per heavy atom. The molecule has 0 aliphatic heterocycles. The number of rotatable bonds is 3. The van der Waals surface area contributed by atoms with Crippen LogP contribution < -0.4 is 4.74 Å². The number of hydrogen-bond acceptors (Lipinski definition) is 3. The van der Waals surface area contributed by atoms with Crippen molar-refractivity contribution in [1.82, 2.24) is 9.97 Å². The summed E-state index contributed by atoms with van der Waals surface area (Å²) >= 11 is 5.84. The van der Waals surface area contributed by atoms with E-state index in [1.54, 1.807) is 6.07 Å². The van der Waals surface area contributed by atoms with Gasteiger partial charge in [0.25, 0.3) is 0 Å². The molecule has 0 radical (unpaired) electrons. The number of aryl methyl sites for hydroxylation is 1. The Bertz CT molecular complexity index is 331. The van der Waals surface area contributed by atoms with Crippen molar-refractivity contribution in [1.29, 1.82) is 0 Å². The molecule has 1 aliphatic rings. The van der Waals surface area contributed by atoms with E-state index in [1.165, 1.54) is 32.1 Å². The van der Waals surface area contributed by atoms with Crippen LogP contribution in [0.1, 0.15) is 37.9 Å². The van der Waals surface area contributed by atoms with E-state index in [0.717, 1.165) is 6.61 Å². The van der Waals surface area contributed by atoms with Gasteiger partial charge in [0.2, 0.25) is 5.88 Å². The van der Waals surface area contributed by atoms with Crippen LogP contribution in [0.15, 0.2) is 6.07 Å². The zero-order chi connectivity index (χ0) is 11.4. The second kappa shape index (κ2) is 5.48. The quantitative estimate of drug-likeness (QED) is 0.760. The van der Waals surface area contributed by atoms with Crippen molar-refractivity contribution in [3.63, 3.8) is 0 Å². The predicted molar refractivity (Wildman–Crippen MR) is 63.8 cm³/mol. The molecule has 2 rings (SSSR count). The van der Waals surface area contributed by atoms with Gasteiger partial charge < -0.3 is 4.74 Å². The Morgan fingerprint density at radius 3 is 2.75 bits per heavy atom. The van der Waals surface area contributed by atoms with Gasteiger partial charge in [0.15, 0.2) is 0 Å².